The van der Waals surface area contributed by atoms with Crippen molar-refractivity contribution >= 4 is 17.6 Å². The van der Waals surface area contributed by atoms with Crippen LogP contribution in [0.1, 0.15) is 51.0 Å². The maximum Gasteiger partial charge on any atom is 0.317 e. The highest BCUT2D eigenvalue weighted by atomic mass is 35.5. The second-order valence-electron chi connectivity index (χ2n) is 6.70. The van der Waals surface area contributed by atoms with Gasteiger partial charge in [0.15, 0.2) is 0 Å². The van der Waals surface area contributed by atoms with Crippen molar-refractivity contribution in [1.29, 1.82) is 0 Å². The molecule has 1 unspecified atom stereocenters. The van der Waals surface area contributed by atoms with E-state index in [2.05, 4.69) is 24.4 Å². The molecule has 1 saturated heterocycles. The SMILES string of the molecule is CCC1CCCCN1C(=O)NCC1(c2ccc(Cl)cc2)CC1. The number of nitrogens with one attached hydrogen (secondary N) is 1. The molecular weight excluding hydrogens is 296 g/mol. The number of carbonyl (C=O) groups excluding carboxylic acids is 1. The molecule has 1 aliphatic carbocycles. The molecule has 3 nitrogen and oxygen atoms in total. The molecule has 0 bridgehead atoms. The lowest BCUT2D eigenvalue weighted by Gasteiger charge is -2.35. The van der Waals surface area contributed by atoms with Gasteiger partial charge in [-0.1, -0.05) is 30.7 Å². The summed E-state index contributed by atoms with van der Waals surface area (Å²) in [5.41, 5.74) is 1.43. The van der Waals surface area contributed by atoms with Crippen LogP contribution in [0.15, 0.2) is 24.3 Å². The molecule has 1 aromatic carbocycles. The lowest BCUT2D eigenvalue weighted by Crippen LogP contribution is -2.49. The van der Waals surface area contributed by atoms with E-state index in [1.807, 2.05) is 17.0 Å². The highest BCUT2D eigenvalue weighted by molar-refractivity contribution is 6.30. The van der Waals surface area contributed by atoms with E-state index in [0.29, 0.717) is 6.04 Å². The summed E-state index contributed by atoms with van der Waals surface area (Å²) in [7, 11) is 0. The fraction of sp³-hybridized carbons (Fsp3) is 0.611. The van der Waals surface area contributed by atoms with Crippen LogP contribution in [0.4, 0.5) is 4.79 Å². The third kappa shape index (κ3) is 3.24. The Hall–Kier alpha value is -1.22. The zero-order valence-electron chi connectivity index (χ0n) is 13.3. The molecule has 2 aliphatic rings. The average molecular weight is 321 g/mol. The van der Waals surface area contributed by atoms with Gasteiger partial charge in [0, 0.05) is 29.6 Å². The van der Waals surface area contributed by atoms with Crippen LogP contribution < -0.4 is 5.32 Å². The number of carbonyl (C=O) groups is 1. The van der Waals surface area contributed by atoms with Gasteiger partial charge < -0.3 is 10.2 Å². The largest absolute Gasteiger partial charge is 0.337 e. The monoisotopic (exact) mass is 320 g/mol. The first-order valence-corrected chi connectivity index (χ1v) is 8.83. The Bertz CT molecular complexity index is 524. The Balaban J connectivity index is 1.59. The van der Waals surface area contributed by atoms with Crippen molar-refractivity contribution in [2.45, 2.75) is 56.9 Å². The second kappa shape index (κ2) is 6.49. The lowest BCUT2D eigenvalue weighted by atomic mass is 9.96. The number of nitrogens with zero attached hydrogens (tertiary/aromatic N) is 1. The van der Waals surface area contributed by atoms with Crippen molar-refractivity contribution in [3.63, 3.8) is 0 Å². The van der Waals surface area contributed by atoms with Crippen molar-refractivity contribution in [3.05, 3.63) is 34.9 Å². The number of amides is 2. The first kappa shape index (κ1) is 15.7. The predicted octanol–water partition coefficient (Wildman–Crippen LogP) is 4.35. The second-order valence-corrected chi connectivity index (χ2v) is 7.13. The molecule has 2 fully saturated rings. The topological polar surface area (TPSA) is 32.3 Å². The summed E-state index contributed by atoms with van der Waals surface area (Å²) >= 11 is 5.97. The molecule has 1 aliphatic heterocycles. The summed E-state index contributed by atoms with van der Waals surface area (Å²) in [4.78, 5) is 14.6. The minimum atomic E-state index is 0.117. The quantitative estimate of drug-likeness (QED) is 0.879. The van der Waals surface area contributed by atoms with Crippen LogP contribution in [-0.4, -0.2) is 30.1 Å². The number of likely N-dealkylation sites (tertiary alicyclic amines) is 1. The van der Waals surface area contributed by atoms with Crippen LogP contribution in [0.5, 0.6) is 0 Å². The summed E-state index contributed by atoms with van der Waals surface area (Å²) in [5.74, 6) is 0. The molecule has 3 rings (SSSR count). The van der Waals surface area contributed by atoms with Crippen molar-refractivity contribution in [1.82, 2.24) is 10.2 Å². The fourth-order valence-electron chi connectivity index (χ4n) is 3.56. The van der Waals surface area contributed by atoms with Crippen molar-refractivity contribution < 1.29 is 4.79 Å². The van der Waals surface area contributed by atoms with Gasteiger partial charge in [0.2, 0.25) is 0 Å². The van der Waals surface area contributed by atoms with Gasteiger partial charge in [-0.25, -0.2) is 4.79 Å². The third-order valence-electron chi connectivity index (χ3n) is 5.25. The van der Waals surface area contributed by atoms with Gasteiger partial charge in [0.05, 0.1) is 0 Å². The summed E-state index contributed by atoms with van der Waals surface area (Å²) in [5, 5.41) is 3.95. The first-order chi connectivity index (χ1) is 10.6. The molecule has 0 radical (unpaired) electrons. The Kier molecular flexibility index (Phi) is 4.62. The molecule has 0 aromatic heterocycles. The molecule has 4 heteroatoms. The van der Waals surface area contributed by atoms with Gasteiger partial charge in [-0.3, -0.25) is 0 Å². The minimum absolute atomic E-state index is 0.117. The highest BCUT2D eigenvalue weighted by Crippen LogP contribution is 2.47. The molecule has 1 N–H and O–H groups in total. The van der Waals surface area contributed by atoms with Crippen LogP contribution in [0, 0.1) is 0 Å². The van der Waals surface area contributed by atoms with Crippen molar-refractivity contribution in [2.24, 2.45) is 0 Å². The highest BCUT2D eigenvalue weighted by Gasteiger charge is 2.44. The lowest BCUT2D eigenvalue weighted by molar-refractivity contribution is 0.148. The van der Waals surface area contributed by atoms with E-state index >= 15 is 0 Å². The van der Waals surface area contributed by atoms with E-state index in [0.717, 1.165) is 50.2 Å². The molecular formula is C18H25ClN2O. The molecule has 2 amide bonds. The molecule has 1 saturated carbocycles. The van der Waals surface area contributed by atoms with Crippen LogP contribution in [0.25, 0.3) is 0 Å². The number of hydrogen-bond donors (Lipinski definition) is 1. The van der Waals surface area contributed by atoms with Crippen LogP contribution in [-0.2, 0) is 5.41 Å². The van der Waals surface area contributed by atoms with Crippen LogP contribution in [0.2, 0.25) is 5.02 Å². The maximum atomic E-state index is 12.5. The van der Waals surface area contributed by atoms with Gasteiger partial charge >= 0.3 is 6.03 Å². The zero-order valence-corrected chi connectivity index (χ0v) is 14.0. The van der Waals surface area contributed by atoms with E-state index in [-0.39, 0.29) is 11.4 Å². The van der Waals surface area contributed by atoms with E-state index in [4.69, 9.17) is 11.6 Å². The summed E-state index contributed by atoms with van der Waals surface area (Å²) in [6.45, 7) is 3.81. The normalized spacial score (nSPS) is 23.2. The van der Waals surface area contributed by atoms with Gasteiger partial charge in [-0.2, -0.15) is 0 Å². The third-order valence-corrected chi connectivity index (χ3v) is 5.50. The Morgan fingerprint density at radius 3 is 2.68 bits per heavy atom. The number of hydrogen-bond acceptors (Lipinski definition) is 1. The smallest absolute Gasteiger partial charge is 0.317 e. The standard InChI is InChI=1S/C18H25ClN2O/c1-2-16-5-3-4-12-21(16)17(22)20-13-18(10-11-18)14-6-8-15(19)9-7-14/h6-9,16H,2-5,10-13H2,1H3,(H,20,22). The zero-order chi connectivity index (χ0) is 15.6. The predicted molar refractivity (Wildman–Crippen MR) is 90.4 cm³/mol. The summed E-state index contributed by atoms with van der Waals surface area (Å²) in [6, 6.07) is 8.60. The molecule has 1 heterocycles. The van der Waals surface area contributed by atoms with E-state index in [9.17, 15) is 4.79 Å². The van der Waals surface area contributed by atoms with E-state index in [1.54, 1.807) is 0 Å². The van der Waals surface area contributed by atoms with Crippen molar-refractivity contribution in [2.75, 3.05) is 13.1 Å². The van der Waals surface area contributed by atoms with Gasteiger partial charge in [-0.15, -0.1) is 0 Å². The molecule has 0 spiro atoms. The minimum Gasteiger partial charge on any atom is -0.337 e. The maximum absolute atomic E-state index is 12.5. The van der Waals surface area contributed by atoms with Gasteiger partial charge in [0.25, 0.3) is 0 Å². The number of urea groups is 1. The number of rotatable bonds is 4. The van der Waals surface area contributed by atoms with E-state index < -0.39 is 0 Å². The number of halogens is 1. The first-order valence-electron chi connectivity index (χ1n) is 8.45. The Morgan fingerprint density at radius 2 is 2.05 bits per heavy atom. The summed E-state index contributed by atoms with van der Waals surface area (Å²) in [6.07, 6.45) is 6.86. The molecule has 120 valence electrons. The van der Waals surface area contributed by atoms with Crippen LogP contribution >= 0.6 is 11.6 Å². The van der Waals surface area contributed by atoms with Crippen molar-refractivity contribution in [3.8, 4) is 0 Å². The van der Waals surface area contributed by atoms with Gasteiger partial charge in [0.1, 0.15) is 0 Å². The average Bonchev–Trinajstić information content (AvgIpc) is 3.34. The number of benzene rings is 1. The summed E-state index contributed by atoms with van der Waals surface area (Å²) < 4.78 is 0. The Labute approximate surface area is 138 Å². The molecule has 1 atom stereocenters. The Morgan fingerprint density at radius 1 is 1.32 bits per heavy atom. The van der Waals surface area contributed by atoms with Gasteiger partial charge in [-0.05, 0) is 56.2 Å². The van der Waals surface area contributed by atoms with Crippen LogP contribution in [0.3, 0.4) is 0 Å². The molecule has 1 aromatic rings. The fourth-order valence-corrected chi connectivity index (χ4v) is 3.69. The molecule has 22 heavy (non-hydrogen) atoms. The van der Waals surface area contributed by atoms with E-state index in [1.165, 1.54) is 12.0 Å². The number of piperidine rings is 1.